The van der Waals surface area contributed by atoms with Crippen molar-refractivity contribution in [2.24, 2.45) is 0 Å². The number of fused-ring (bicyclic) bond motifs is 1. The molecule has 5 aromatic rings. The van der Waals surface area contributed by atoms with Crippen molar-refractivity contribution in [3.63, 3.8) is 0 Å². The van der Waals surface area contributed by atoms with Crippen LogP contribution in [0.4, 0.5) is 0 Å². The zero-order chi connectivity index (χ0) is 24.5. The van der Waals surface area contributed by atoms with Gasteiger partial charge in [0.1, 0.15) is 5.82 Å². The van der Waals surface area contributed by atoms with Crippen LogP contribution < -0.4 is 0 Å². The van der Waals surface area contributed by atoms with Crippen molar-refractivity contribution in [2.75, 3.05) is 0 Å². The summed E-state index contributed by atoms with van der Waals surface area (Å²) in [5.41, 5.74) is 6.27. The first kappa shape index (κ1) is 22.7. The maximum absolute atomic E-state index is 12.1. The number of H-pyrrole nitrogens is 1. The van der Waals surface area contributed by atoms with Crippen LogP contribution in [0.5, 0.6) is 0 Å². The van der Waals surface area contributed by atoms with E-state index in [1.54, 1.807) is 6.07 Å². The molecule has 0 aliphatic heterocycles. The highest BCUT2D eigenvalue weighted by molar-refractivity contribution is 7.71. The van der Waals surface area contributed by atoms with E-state index in [2.05, 4.69) is 17.1 Å². The van der Waals surface area contributed by atoms with Crippen LogP contribution >= 0.6 is 12.2 Å². The number of nitrogens with one attached hydrogen (secondary N) is 1. The highest BCUT2D eigenvalue weighted by Gasteiger charge is 2.20. The maximum atomic E-state index is 12.1. The van der Waals surface area contributed by atoms with Crippen molar-refractivity contribution < 1.29 is 14.4 Å². The zero-order valence-electron chi connectivity index (χ0n) is 19.4. The summed E-state index contributed by atoms with van der Waals surface area (Å²) >= 11 is 5.01. The van der Waals surface area contributed by atoms with Crippen LogP contribution in [0, 0.1) is 11.8 Å². The average Bonchev–Trinajstić information content (AvgIpc) is 3.47. The minimum absolute atomic E-state index is 0.154. The van der Waals surface area contributed by atoms with Crippen molar-refractivity contribution in [1.29, 1.82) is 0 Å². The molecule has 7 nitrogen and oxygen atoms in total. The van der Waals surface area contributed by atoms with Crippen molar-refractivity contribution in [3.05, 3.63) is 82.5 Å². The number of benzene rings is 3. The molecule has 0 unspecified atom stereocenters. The number of hydrogen-bond acceptors (Lipinski definition) is 5. The molecule has 0 atom stereocenters. The molecule has 0 saturated carbocycles. The summed E-state index contributed by atoms with van der Waals surface area (Å²) in [6.07, 6.45) is 2.75. The van der Waals surface area contributed by atoms with Crippen molar-refractivity contribution in [1.82, 2.24) is 19.7 Å². The van der Waals surface area contributed by atoms with Gasteiger partial charge in [0.15, 0.2) is 5.82 Å². The van der Waals surface area contributed by atoms with Gasteiger partial charge in [0.2, 0.25) is 0 Å². The highest BCUT2D eigenvalue weighted by atomic mass is 32.1. The summed E-state index contributed by atoms with van der Waals surface area (Å²) in [6, 6.07) is 19.4. The van der Waals surface area contributed by atoms with Gasteiger partial charge < -0.3 is 9.63 Å². The van der Waals surface area contributed by atoms with E-state index >= 15 is 0 Å². The number of carbonyl (C=O) groups is 1. The van der Waals surface area contributed by atoms with Gasteiger partial charge in [0.05, 0.1) is 16.6 Å². The molecule has 0 saturated heterocycles. The van der Waals surface area contributed by atoms with Crippen molar-refractivity contribution in [3.8, 4) is 28.2 Å². The SMILES string of the molecule is CCCCc1nc2c(C)ccc(C(=O)O)c2n1-c1ccc(-c2ccccc2-c2nc(=S)o[nH]2)cc1. The van der Waals surface area contributed by atoms with Crippen LogP contribution in [0.1, 0.15) is 41.5 Å². The Morgan fingerprint density at radius 2 is 1.80 bits per heavy atom. The van der Waals surface area contributed by atoms with Crippen LogP contribution in [0.3, 0.4) is 0 Å². The molecule has 35 heavy (non-hydrogen) atoms. The number of carboxylic acids is 1. The van der Waals surface area contributed by atoms with E-state index in [4.69, 9.17) is 21.7 Å². The van der Waals surface area contributed by atoms with E-state index in [1.165, 1.54) is 0 Å². The average molecular weight is 485 g/mol. The van der Waals surface area contributed by atoms with E-state index in [0.29, 0.717) is 11.3 Å². The standard InChI is InChI=1S/C27H24N4O3S/c1-3-4-9-22-28-23-16(2)10-15-21(26(32)33)24(23)31(22)18-13-11-17(12-14-18)19-7-5-6-8-20(19)25-29-27(35)34-30-25/h5-8,10-15H,3-4,9H2,1-2H3,(H,32,33)(H,29,30,35). The number of hydrogen-bond donors (Lipinski definition) is 2. The fourth-order valence-electron chi connectivity index (χ4n) is 4.38. The lowest BCUT2D eigenvalue weighted by molar-refractivity contribution is 0.0698. The number of aromatic nitrogens is 4. The molecule has 0 amide bonds. The smallest absolute Gasteiger partial charge is 0.337 e. The van der Waals surface area contributed by atoms with Gasteiger partial charge in [-0.3, -0.25) is 4.57 Å². The number of aromatic carboxylic acids is 1. The molecule has 0 aliphatic carbocycles. The minimum atomic E-state index is -0.964. The number of nitrogens with zero attached hydrogens (tertiary/aromatic N) is 3. The first-order valence-corrected chi connectivity index (χ1v) is 11.9. The molecule has 0 fully saturated rings. The lowest BCUT2D eigenvalue weighted by atomic mass is 9.99. The predicted octanol–water partition coefficient (Wildman–Crippen LogP) is 6.75. The van der Waals surface area contributed by atoms with Gasteiger partial charge in [-0.15, -0.1) is 0 Å². The Kier molecular flexibility index (Phi) is 6.05. The van der Waals surface area contributed by atoms with Gasteiger partial charge in [-0.1, -0.05) is 55.8 Å². The normalized spacial score (nSPS) is 11.3. The van der Waals surface area contributed by atoms with Crippen LogP contribution in [0.2, 0.25) is 0 Å². The summed E-state index contributed by atoms with van der Waals surface area (Å²) in [4.78, 5) is 21.4. The van der Waals surface area contributed by atoms with Gasteiger partial charge in [-0.05, 0) is 60.5 Å². The fourth-order valence-corrected chi connectivity index (χ4v) is 4.52. The van der Waals surface area contributed by atoms with E-state index < -0.39 is 5.97 Å². The Labute approximate surface area is 207 Å². The predicted molar refractivity (Wildman–Crippen MR) is 137 cm³/mol. The summed E-state index contributed by atoms with van der Waals surface area (Å²) in [7, 11) is 0. The summed E-state index contributed by atoms with van der Waals surface area (Å²) in [6.45, 7) is 4.10. The quantitative estimate of drug-likeness (QED) is 0.248. The highest BCUT2D eigenvalue weighted by Crippen LogP contribution is 2.33. The molecule has 0 radical (unpaired) electrons. The number of aryl methyl sites for hydroxylation is 2. The van der Waals surface area contributed by atoms with Gasteiger partial charge in [0, 0.05) is 17.7 Å². The number of aromatic amines is 1. The van der Waals surface area contributed by atoms with Crippen LogP contribution in [-0.4, -0.2) is 30.8 Å². The van der Waals surface area contributed by atoms with E-state index in [-0.39, 0.29) is 10.4 Å². The van der Waals surface area contributed by atoms with E-state index in [0.717, 1.165) is 58.5 Å². The molecular weight excluding hydrogens is 460 g/mol. The van der Waals surface area contributed by atoms with Crippen LogP contribution in [-0.2, 0) is 6.42 Å². The topological polar surface area (TPSA) is 96.9 Å². The number of imidazole rings is 1. The number of rotatable bonds is 7. The lowest BCUT2D eigenvalue weighted by Crippen LogP contribution is -2.05. The molecule has 0 aliphatic rings. The first-order chi connectivity index (χ1) is 17.0. The molecule has 2 heterocycles. The van der Waals surface area contributed by atoms with Crippen molar-refractivity contribution >= 4 is 29.2 Å². The monoisotopic (exact) mass is 484 g/mol. The molecule has 2 aromatic heterocycles. The van der Waals surface area contributed by atoms with Crippen LogP contribution in [0.15, 0.2) is 65.2 Å². The Bertz CT molecular complexity index is 1600. The molecule has 0 spiro atoms. The first-order valence-electron chi connectivity index (χ1n) is 11.5. The second-order valence-electron chi connectivity index (χ2n) is 8.42. The molecular formula is C27H24N4O3S. The third kappa shape index (κ3) is 4.17. The third-order valence-electron chi connectivity index (χ3n) is 6.12. The van der Waals surface area contributed by atoms with Gasteiger partial charge in [0.25, 0.3) is 0 Å². The Hall–Kier alpha value is -4.04. The summed E-state index contributed by atoms with van der Waals surface area (Å²) in [5, 5.41) is 12.7. The van der Waals surface area contributed by atoms with E-state index in [9.17, 15) is 9.90 Å². The Morgan fingerprint density at radius 1 is 1.06 bits per heavy atom. The Balaban J connectivity index is 1.66. The fraction of sp³-hybridized carbons (Fsp3) is 0.185. The second-order valence-corrected chi connectivity index (χ2v) is 8.77. The number of unbranched alkanes of at least 4 members (excludes halogenated alkanes) is 1. The van der Waals surface area contributed by atoms with Gasteiger partial charge in [-0.25, -0.2) is 14.9 Å². The summed E-state index contributed by atoms with van der Waals surface area (Å²) < 4.78 is 7.12. The lowest BCUT2D eigenvalue weighted by Gasteiger charge is -2.13. The van der Waals surface area contributed by atoms with E-state index in [1.807, 2.05) is 66.1 Å². The van der Waals surface area contributed by atoms with Crippen LogP contribution in [0.25, 0.3) is 39.2 Å². The number of carboxylic acid groups (broad SMARTS) is 1. The third-order valence-corrected chi connectivity index (χ3v) is 6.29. The molecule has 2 N–H and O–H groups in total. The summed E-state index contributed by atoms with van der Waals surface area (Å²) in [5.74, 6) is 0.467. The molecule has 0 bridgehead atoms. The van der Waals surface area contributed by atoms with Gasteiger partial charge >= 0.3 is 10.8 Å². The Morgan fingerprint density at radius 3 is 2.46 bits per heavy atom. The largest absolute Gasteiger partial charge is 0.478 e. The van der Waals surface area contributed by atoms with Gasteiger partial charge in [-0.2, -0.15) is 4.98 Å². The second kappa shape index (κ2) is 9.31. The maximum Gasteiger partial charge on any atom is 0.337 e. The zero-order valence-corrected chi connectivity index (χ0v) is 20.2. The molecule has 3 aromatic carbocycles. The minimum Gasteiger partial charge on any atom is -0.478 e. The molecule has 176 valence electrons. The van der Waals surface area contributed by atoms with Crippen molar-refractivity contribution in [2.45, 2.75) is 33.1 Å². The molecule has 8 heteroatoms. The molecule has 5 rings (SSSR count).